The molecule has 2 aromatic carbocycles. The lowest BCUT2D eigenvalue weighted by Crippen LogP contribution is -2.12. The Morgan fingerprint density at radius 3 is 2.81 bits per heavy atom. The number of amides is 2. The molecule has 106 valence electrons. The number of carbonyl (C=O) groups is 2. The summed E-state index contributed by atoms with van der Waals surface area (Å²) in [7, 11) is 0. The average Bonchev–Trinajstić information content (AvgIpc) is 2.82. The van der Waals surface area contributed by atoms with Crippen molar-refractivity contribution in [3.05, 3.63) is 58.1 Å². The highest BCUT2D eigenvalue weighted by molar-refractivity contribution is 6.31. The van der Waals surface area contributed by atoms with Gasteiger partial charge in [-0.2, -0.15) is 0 Å². The molecule has 0 unspecified atom stereocenters. The van der Waals surface area contributed by atoms with Crippen LogP contribution in [0.3, 0.4) is 0 Å². The van der Waals surface area contributed by atoms with Crippen LogP contribution < -0.4 is 10.6 Å². The first-order valence-electron chi connectivity index (χ1n) is 6.53. The predicted molar refractivity (Wildman–Crippen MR) is 82.9 cm³/mol. The lowest BCUT2D eigenvalue weighted by Gasteiger charge is -2.08. The Labute approximate surface area is 127 Å². The molecule has 1 aliphatic heterocycles. The van der Waals surface area contributed by atoms with Gasteiger partial charge in [-0.05, 0) is 42.3 Å². The van der Waals surface area contributed by atoms with Crippen molar-refractivity contribution in [2.45, 2.75) is 13.3 Å². The molecule has 0 bridgehead atoms. The number of hydrogen-bond donors (Lipinski definition) is 2. The van der Waals surface area contributed by atoms with E-state index in [-0.39, 0.29) is 11.8 Å². The predicted octanol–water partition coefficient (Wildman–Crippen LogP) is 3.40. The number of halogens is 1. The molecule has 21 heavy (non-hydrogen) atoms. The summed E-state index contributed by atoms with van der Waals surface area (Å²) < 4.78 is 0. The van der Waals surface area contributed by atoms with Gasteiger partial charge in [0.2, 0.25) is 5.91 Å². The van der Waals surface area contributed by atoms with E-state index < -0.39 is 0 Å². The molecule has 0 aromatic heterocycles. The Balaban J connectivity index is 1.81. The number of fused-ring (bicyclic) bond motifs is 1. The van der Waals surface area contributed by atoms with E-state index in [1.54, 1.807) is 30.3 Å². The smallest absolute Gasteiger partial charge is 0.255 e. The van der Waals surface area contributed by atoms with Gasteiger partial charge in [-0.3, -0.25) is 9.59 Å². The van der Waals surface area contributed by atoms with E-state index in [2.05, 4.69) is 10.6 Å². The minimum absolute atomic E-state index is 0.0483. The van der Waals surface area contributed by atoms with Crippen LogP contribution >= 0.6 is 11.6 Å². The molecule has 0 radical (unpaired) electrons. The molecule has 4 nitrogen and oxygen atoms in total. The lowest BCUT2D eigenvalue weighted by atomic mass is 10.1. The van der Waals surface area contributed by atoms with Crippen LogP contribution in [0.4, 0.5) is 11.4 Å². The van der Waals surface area contributed by atoms with Crippen LogP contribution in [0.5, 0.6) is 0 Å². The second kappa shape index (κ2) is 5.22. The molecule has 0 saturated carbocycles. The number of anilines is 2. The third-order valence-corrected chi connectivity index (χ3v) is 3.83. The third-order valence-electron chi connectivity index (χ3n) is 3.43. The molecule has 0 aliphatic carbocycles. The molecule has 1 heterocycles. The average molecular weight is 301 g/mol. The number of hydrogen-bond acceptors (Lipinski definition) is 2. The Bertz CT molecular complexity index is 756. The number of nitrogens with one attached hydrogen (secondary N) is 2. The van der Waals surface area contributed by atoms with Crippen molar-refractivity contribution in [3.63, 3.8) is 0 Å². The van der Waals surface area contributed by atoms with Crippen LogP contribution in [0, 0.1) is 6.92 Å². The van der Waals surface area contributed by atoms with Gasteiger partial charge in [0.1, 0.15) is 0 Å². The van der Waals surface area contributed by atoms with Gasteiger partial charge < -0.3 is 10.6 Å². The Hall–Kier alpha value is -2.33. The number of carbonyl (C=O) groups excluding carboxylic acids is 2. The highest BCUT2D eigenvalue weighted by Gasteiger charge is 2.19. The summed E-state index contributed by atoms with van der Waals surface area (Å²) in [5.41, 5.74) is 3.70. The van der Waals surface area contributed by atoms with Gasteiger partial charge in [0.25, 0.3) is 5.91 Å². The standard InChI is InChI=1S/C16H13ClN2O2/c1-9-2-5-12(8-13(9)17)18-16(21)11-4-3-10-7-15(20)19-14(10)6-11/h2-6,8H,7H2,1H3,(H,18,21)(H,19,20). The number of rotatable bonds is 2. The van der Waals surface area contributed by atoms with Crippen molar-refractivity contribution in [1.82, 2.24) is 0 Å². The summed E-state index contributed by atoms with van der Waals surface area (Å²) in [6.07, 6.45) is 0.366. The van der Waals surface area contributed by atoms with Gasteiger partial charge in [-0.25, -0.2) is 0 Å². The molecule has 0 saturated heterocycles. The van der Waals surface area contributed by atoms with Crippen molar-refractivity contribution in [2.75, 3.05) is 10.6 Å². The molecule has 5 heteroatoms. The maximum absolute atomic E-state index is 12.2. The van der Waals surface area contributed by atoms with Crippen molar-refractivity contribution >= 4 is 34.8 Å². The fraction of sp³-hybridized carbons (Fsp3) is 0.125. The van der Waals surface area contributed by atoms with E-state index in [4.69, 9.17) is 11.6 Å². The van der Waals surface area contributed by atoms with Crippen LogP contribution in [0.1, 0.15) is 21.5 Å². The van der Waals surface area contributed by atoms with Crippen LogP contribution in [0.25, 0.3) is 0 Å². The van der Waals surface area contributed by atoms with Crippen molar-refractivity contribution in [2.24, 2.45) is 0 Å². The van der Waals surface area contributed by atoms with Crippen molar-refractivity contribution in [3.8, 4) is 0 Å². The van der Waals surface area contributed by atoms with Gasteiger partial charge in [-0.15, -0.1) is 0 Å². The maximum atomic E-state index is 12.2. The van der Waals surface area contributed by atoms with E-state index in [0.29, 0.717) is 28.4 Å². The molecule has 0 spiro atoms. The lowest BCUT2D eigenvalue weighted by molar-refractivity contribution is -0.115. The molecule has 0 atom stereocenters. The number of benzene rings is 2. The van der Waals surface area contributed by atoms with Crippen LogP contribution in [0.2, 0.25) is 5.02 Å². The highest BCUT2D eigenvalue weighted by Crippen LogP contribution is 2.25. The van der Waals surface area contributed by atoms with Gasteiger partial charge >= 0.3 is 0 Å². The molecular weight excluding hydrogens is 288 g/mol. The molecule has 1 aliphatic rings. The SMILES string of the molecule is Cc1ccc(NC(=O)c2ccc3c(c2)NC(=O)C3)cc1Cl. The number of aryl methyl sites for hydroxylation is 1. The summed E-state index contributed by atoms with van der Waals surface area (Å²) in [6, 6.07) is 10.6. The second-order valence-corrected chi connectivity index (χ2v) is 5.42. The summed E-state index contributed by atoms with van der Waals surface area (Å²) in [6.45, 7) is 1.90. The monoisotopic (exact) mass is 300 g/mol. The fourth-order valence-corrected chi connectivity index (χ4v) is 2.41. The topological polar surface area (TPSA) is 58.2 Å². The highest BCUT2D eigenvalue weighted by atomic mass is 35.5. The Morgan fingerprint density at radius 1 is 1.24 bits per heavy atom. The third kappa shape index (κ3) is 2.76. The van der Waals surface area contributed by atoms with Gasteiger partial charge in [0, 0.05) is 22.0 Å². The minimum atomic E-state index is -0.237. The second-order valence-electron chi connectivity index (χ2n) is 5.01. The molecule has 2 N–H and O–H groups in total. The Kier molecular flexibility index (Phi) is 3.39. The summed E-state index contributed by atoms with van der Waals surface area (Å²) in [4.78, 5) is 23.5. The molecule has 3 rings (SSSR count). The fourth-order valence-electron chi connectivity index (χ4n) is 2.23. The first-order chi connectivity index (χ1) is 10.0. The normalized spacial score (nSPS) is 12.8. The van der Waals surface area contributed by atoms with Crippen LogP contribution in [-0.2, 0) is 11.2 Å². The largest absolute Gasteiger partial charge is 0.326 e. The van der Waals surface area contributed by atoms with Gasteiger partial charge in [0.05, 0.1) is 6.42 Å². The maximum Gasteiger partial charge on any atom is 0.255 e. The quantitative estimate of drug-likeness (QED) is 0.893. The van der Waals surface area contributed by atoms with Crippen molar-refractivity contribution in [1.29, 1.82) is 0 Å². The first kappa shape index (κ1) is 13.6. The summed E-state index contributed by atoms with van der Waals surface area (Å²) >= 11 is 6.04. The van der Waals surface area contributed by atoms with E-state index in [1.165, 1.54) is 0 Å². The molecule has 2 amide bonds. The van der Waals surface area contributed by atoms with E-state index in [1.807, 2.05) is 13.0 Å². The zero-order valence-electron chi connectivity index (χ0n) is 11.4. The van der Waals surface area contributed by atoms with E-state index in [0.717, 1.165) is 11.1 Å². The first-order valence-corrected chi connectivity index (χ1v) is 6.91. The van der Waals surface area contributed by atoms with Gasteiger partial charge in [0.15, 0.2) is 0 Å². The summed E-state index contributed by atoms with van der Waals surface area (Å²) in [5, 5.41) is 6.13. The Morgan fingerprint density at radius 2 is 2.05 bits per heavy atom. The van der Waals surface area contributed by atoms with Crippen molar-refractivity contribution < 1.29 is 9.59 Å². The zero-order chi connectivity index (χ0) is 15.0. The van der Waals surface area contributed by atoms with E-state index in [9.17, 15) is 9.59 Å². The van der Waals surface area contributed by atoms with Gasteiger partial charge in [-0.1, -0.05) is 23.7 Å². The van der Waals surface area contributed by atoms with Crippen LogP contribution in [-0.4, -0.2) is 11.8 Å². The van der Waals surface area contributed by atoms with Crippen LogP contribution in [0.15, 0.2) is 36.4 Å². The van der Waals surface area contributed by atoms with E-state index >= 15 is 0 Å². The zero-order valence-corrected chi connectivity index (χ0v) is 12.1. The minimum Gasteiger partial charge on any atom is -0.326 e. The summed E-state index contributed by atoms with van der Waals surface area (Å²) in [5.74, 6) is -0.285. The molecule has 2 aromatic rings. The molecule has 0 fully saturated rings. The molecular formula is C16H13ClN2O2.